The lowest BCUT2D eigenvalue weighted by atomic mass is 10.1. The van der Waals surface area contributed by atoms with Crippen LogP contribution >= 0.6 is 0 Å². The zero-order chi connectivity index (χ0) is 12.7. The zero-order valence-electron chi connectivity index (χ0n) is 11.0. The molecule has 0 unspecified atom stereocenters. The Morgan fingerprint density at radius 3 is 2.29 bits per heavy atom. The van der Waals surface area contributed by atoms with E-state index < -0.39 is 0 Å². The molecule has 0 aliphatic rings. The largest absolute Gasteiger partial charge is 0.497 e. The number of nitrogens with one attached hydrogen (secondary N) is 1. The molecule has 0 radical (unpaired) electrons. The molecule has 0 saturated carbocycles. The normalized spacial score (nSPS) is 10.4. The van der Waals surface area contributed by atoms with Crippen LogP contribution in [0.2, 0.25) is 0 Å². The van der Waals surface area contributed by atoms with E-state index >= 15 is 0 Å². The Kier molecular flexibility index (Phi) is 5.80. The molecule has 0 aliphatic carbocycles. The van der Waals surface area contributed by atoms with Gasteiger partial charge in [-0.05, 0) is 37.7 Å². The molecular weight excluding hydrogens is 218 g/mol. The fourth-order valence-corrected chi connectivity index (χ4v) is 1.81. The molecule has 1 rings (SSSR count). The minimum Gasteiger partial charge on any atom is -0.497 e. The number of benzene rings is 1. The first-order valence-corrected chi connectivity index (χ1v) is 5.64. The second-order valence-corrected chi connectivity index (χ2v) is 3.77. The van der Waals surface area contributed by atoms with Crippen LogP contribution in [0.3, 0.4) is 0 Å². The summed E-state index contributed by atoms with van der Waals surface area (Å²) in [6.45, 7) is 1.42. The van der Waals surface area contributed by atoms with Crippen molar-refractivity contribution in [1.29, 1.82) is 0 Å². The van der Waals surface area contributed by atoms with Gasteiger partial charge in [0.25, 0.3) is 0 Å². The predicted molar refractivity (Wildman–Crippen MR) is 67.9 cm³/mol. The van der Waals surface area contributed by atoms with Gasteiger partial charge in [-0.3, -0.25) is 0 Å². The average Bonchev–Trinajstić information content (AvgIpc) is 2.36. The van der Waals surface area contributed by atoms with Crippen molar-refractivity contribution < 1.29 is 14.2 Å². The molecule has 4 nitrogen and oxygen atoms in total. The third-order valence-corrected chi connectivity index (χ3v) is 2.60. The van der Waals surface area contributed by atoms with E-state index in [1.54, 1.807) is 21.3 Å². The summed E-state index contributed by atoms with van der Waals surface area (Å²) in [4.78, 5) is 0. The fourth-order valence-electron chi connectivity index (χ4n) is 1.81. The molecule has 4 heteroatoms. The summed E-state index contributed by atoms with van der Waals surface area (Å²) in [6.07, 6.45) is 0.896. The molecule has 0 atom stereocenters. The van der Waals surface area contributed by atoms with Crippen LogP contribution in [-0.2, 0) is 17.8 Å². The van der Waals surface area contributed by atoms with E-state index in [4.69, 9.17) is 14.2 Å². The first kappa shape index (κ1) is 13.8. The molecule has 0 heterocycles. The van der Waals surface area contributed by atoms with Gasteiger partial charge in [-0.25, -0.2) is 0 Å². The molecular formula is C13H21NO3. The number of hydrogen-bond acceptors (Lipinski definition) is 4. The van der Waals surface area contributed by atoms with Gasteiger partial charge >= 0.3 is 0 Å². The summed E-state index contributed by atoms with van der Waals surface area (Å²) in [5, 5.41) is 3.13. The SMILES string of the molecule is CNCCc1cc(OC)cc(COC)c1OC. The van der Waals surface area contributed by atoms with Gasteiger partial charge in [0, 0.05) is 12.7 Å². The highest BCUT2D eigenvalue weighted by Gasteiger charge is 2.11. The number of rotatable bonds is 7. The monoisotopic (exact) mass is 239 g/mol. The van der Waals surface area contributed by atoms with E-state index in [9.17, 15) is 0 Å². The van der Waals surface area contributed by atoms with Gasteiger partial charge in [-0.2, -0.15) is 0 Å². The molecule has 0 aliphatic heterocycles. The second kappa shape index (κ2) is 7.14. The number of likely N-dealkylation sites (N-methyl/N-ethyl adjacent to an activating group) is 1. The minimum atomic E-state index is 0.521. The standard InChI is InChI=1S/C13H21NO3/c1-14-6-5-10-7-12(16-3)8-11(9-15-2)13(10)17-4/h7-8,14H,5-6,9H2,1-4H3. The van der Waals surface area contributed by atoms with Crippen LogP contribution in [0.25, 0.3) is 0 Å². The van der Waals surface area contributed by atoms with E-state index in [0.29, 0.717) is 6.61 Å². The second-order valence-electron chi connectivity index (χ2n) is 3.77. The maximum absolute atomic E-state index is 5.46. The molecule has 0 bridgehead atoms. The van der Waals surface area contributed by atoms with Crippen molar-refractivity contribution in [2.75, 3.05) is 34.9 Å². The van der Waals surface area contributed by atoms with Crippen molar-refractivity contribution >= 4 is 0 Å². The van der Waals surface area contributed by atoms with Crippen LogP contribution in [0, 0.1) is 0 Å². The molecule has 1 aromatic rings. The van der Waals surface area contributed by atoms with E-state index in [0.717, 1.165) is 35.6 Å². The van der Waals surface area contributed by atoms with Crippen LogP contribution in [0.1, 0.15) is 11.1 Å². The lowest BCUT2D eigenvalue weighted by Crippen LogP contribution is -2.11. The third kappa shape index (κ3) is 3.61. The number of hydrogen-bond donors (Lipinski definition) is 1. The Balaban J connectivity index is 3.09. The van der Waals surface area contributed by atoms with E-state index in [1.165, 1.54) is 0 Å². The number of ether oxygens (including phenoxy) is 3. The van der Waals surface area contributed by atoms with Crippen LogP contribution < -0.4 is 14.8 Å². The smallest absolute Gasteiger partial charge is 0.127 e. The summed E-state index contributed by atoms with van der Waals surface area (Å²) in [5.41, 5.74) is 2.15. The Morgan fingerprint density at radius 1 is 1.06 bits per heavy atom. The maximum Gasteiger partial charge on any atom is 0.127 e. The molecule has 96 valence electrons. The quantitative estimate of drug-likeness (QED) is 0.784. The maximum atomic E-state index is 5.46. The Bertz CT molecular complexity index is 353. The molecule has 0 aromatic heterocycles. The summed E-state index contributed by atoms with van der Waals surface area (Å²) < 4.78 is 15.9. The summed E-state index contributed by atoms with van der Waals surface area (Å²) >= 11 is 0. The lowest BCUT2D eigenvalue weighted by molar-refractivity contribution is 0.181. The lowest BCUT2D eigenvalue weighted by Gasteiger charge is -2.15. The number of methoxy groups -OCH3 is 3. The Labute approximate surface area is 103 Å². The van der Waals surface area contributed by atoms with Crippen molar-refractivity contribution in [1.82, 2.24) is 5.32 Å². The molecule has 1 N–H and O–H groups in total. The van der Waals surface area contributed by atoms with Crippen LogP contribution in [0.4, 0.5) is 0 Å². The minimum absolute atomic E-state index is 0.521. The van der Waals surface area contributed by atoms with Gasteiger partial charge in [0.05, 0.1) is 20.8 Å². The highest BCUT2D eigenvalue weighted by Crippen LogP contribution is 2.30. The van der Waals surface area contributed by atoms with Crippen LogP contribution in [-0.4, -0.2) is 34.9 Å². The first-order valence-electron chi connectivity index (χ1n) is 5.64. The van der Waals surface area contributed by atoms with Crippen LogP contribution in [0.5, 0.6) is 11.5 Å². The molecule has 0 spiro atoms. The van der Waals surface area contributed by atoms with E-state index in [1.807, 2.05) is 19.2 Å². The Morgan fingerprint density at radius 2 is 1.76 bits per heavy atom. The molecule has 17 heavy (non-hydrogen) atoms. The Hall–Kier alpha value is -1.26. The van der Waals surface area contributed by atoms with E-state index in [2.05, 4.69) is 5.32 Å². The molecule has 0 saturated heterocycles. The van der Waals surface area contributed by atoms with E-state index in [-0.39, 0.29) is 0 Å². The van der Waals surface area contributed by atoms with Gasteiger partial charge < -0.3 is 19.5 Å². The fraction of sp³-hybridized carbons (Fsp3) is 0.538. The van der Waals surface area contributed by atoms with Crippen molar-refractivity contribution in [3.05, 3.63) is 23.3 Å². The highest BCUT2D eigenvalue weighted by atomic mass is 16.5. The van der Waals surface area contributed by atoms with Gasteiger partial charge in [-0.1, -0.05) is 0 Å². The predicted octanol–water partition coefficient (Wildman–Crippen LogP) is 1.61. The van der Waals surface area contributed by atoms with Crippen LogP contribution in [0.15, 0.2) is 12.1 Å². The topological polar surface area (TPSA) is 39.7 Å². The van der Waals surface area contributed by atoms with Gasteiger partial charge in [0.1, 0.15) is 11.5 Å². The first-order chi connectivity index (χ1) is 8.26. The van der Waals surface area contributed by atoms with Gasteiger partial charge in [0.15, 0.2) is 0 Å². The van der Waals surface area contributed by atoms with Crippen molar-refractivity contribution in [2.45, 2.75) is 13.0 Å². The summed E-state index contributed by atoms with van der Waals surface area (Å²) in [5.74, 6) is 1.73. The van der Waals surface area contributed by atoms with Crippen molar-refractivity contribution in [2.24, 2.45) is 0 Å². The summed E-state index contributed by atoms with van der Waals surface area (Å²) in [7, 11) is 6.96. The summed E-state index contributed by atoms with van der Waals surface area (Å²) in [6, 6.07) is 3.96. The third-order valence-electron chi connectivity index (χ3n) is 2.60. The van der Waals surface area contributed by atoms with Crippen molar-refractivity contribution in [3.8, 4) is 11.5 Å². The van der Waals surface area contributed by atoms with Gasteiger partial charge in [0.2, 0.25) is 0 Å². The molecule has 0 fully saturated rings. The van der Waals surface area contributed by atoms with Crippen molar-refractivity contribution in [3.63, 3.8) is 0 Å². The highest BCUT2D eigenvalue weighted by molar-refractivity contribution is 5.47. The molecule has 0 amide bonds. The zero-order valence-corrected chi connectivity index (χ0v) is 11.0. The average molecular weight is 239 g/mol. The molecule has 1 aromatic carbocycles. The van der Waals surface area contributed by atoms with Gasteiger partial charge in [-0.15, -0.1) is 0 Å².